The van der Waals surface area contributed by atoms with Gasteiger partial charge in [0.2, 0.25) is 0 Å². The lowest BCUT2D eigenvalue weighted by atomic mass is 9.75. The highest BCUT2D eigenvalue weighted by atomic mass is 19.1. The minimum atomic E-state index is -0.214. The van der Waals surface area contributed by atoms with Crippen molar-refractivity contribution in [1.29, 1.82) is 0 Å². The number of nitrogens with one attached hydrogen (secondary N) is 1. The lowest BCUT2D eigenvalue weighted by molar-refractivity contribution is 0.266. The van der Waals surface area contributed by atoms with Gasteiger partial charge in [-0.05, 0) is 55.0 Å². The molecule has 0 bridgehead atoms. The lowest BCUT2D eigenvalue weighted by Gasteiger charge is -2.38. The number of halogens is 2. The van der Waals surface area contributed by atoms with Gasteiger partial charge in [0.15, 0.2) is 0 Å². The van der Waals surface area contributed by atoms with Gasteiger partial charge in [0.1, 0.15) is 11.6 Å². The van der Waals surface area contributed by atoms with E-state index >= 15 is 0 Å². The Morgan fingerprint density at radius 2 is 1.67 bits per heavy atom. The highest BCUT2D eigenvalue weighted by Gasteiger charge is 2.32. The highest BCUT2D eigenvalue weighted by Crippen LogP contribution is 2.38. The molecule has 1 N–H and O–H groups in total. The zero-order valence-electron chi connectivity index (χ0n) is 12.0. The summed E-state index contributed by atoms with van der Waals surface area (Å²) in [6, 6.07) is 14.2. The predicted molar refractivity (Wildman–Crippen MR) is 80.1 cm³/mol. The Kier molecular flexibility index (Phi) is 4.02. The second kappa shape index (κ2) is 5.94. The largest absolute Gasteiger partial charge is 0.307 e. The molecule has 1 unspecified atom stereocenters. The Morgan fingerprint density at radius 3 is 2.33 bits per heavy atom. The maximum atomic E-state index is 13.7. The topological polar surface area (TPSA) is 12.0 Å². The van der Waals surface area contributed by atoms with Crippen molar-refractivity contribution in [3.05, 3.63) is 71.3 Å². The third kappa shape index (κ3) is 3.13. The molecule has 0 aromatic heterocycles. The van der Waals surface area contributed by atoms with Crippen molar-refractivity contribution in [3.63, 3.8) is 0 Å². The molecule has 0 aliphatic heterocycles. The third-order valence-corrected chi connectivity index (χ3v) is 4.34. The van der Waals surface area contributed by atoms with Crippen LogP contribution in [0, 0.1) is 11.6 Å². The zero-order valence-corrected chi connectivity index (χ0v) is 12.0. The maximum Gasteiger partial charge on any atom is 0.126 e. The summed E-state index contributed by atoms with van der Waals surface area (Å²) in [4.78, 5) is 0. The van der Waals surface area contributed by atoms with Crippen molar-refractivity contribution >= 4 is 0 Å². The van der Waals surface area contributed by atoms with Gasteiger partial charge in [0.25, 0.3) is 0 Å². The molecule has 0 heterocycles. The fourth-order valence-electron chi connectivity index (χ4n) is 3.02. The molecule has 3 heteroatoms. The highest BCUT2D eigenvalue weighted by molar-refractivity contribution is 5.25. The lowest BCUT2D eigenvalue weighted by Crippen LogP contribution is -2.41. The standard InChI is InChI=1S/C18H19F2N/c1-12(13-6-8-15(19)9-7-13)21-16-10-14(11-16)17-4-2-3-5-18(17)20/h2-9,12,14,16,21H,10-11H2,1H3. The normalized spacial score (nSPS) is 22.6. The van der Waals surface area contributed by atoms with Crippen LogP contribution in [0.25, 0.3) is 0 Å². The molecule has 0 saturated heterocycles. The van der Waals surface area contributed by atoms with Gasteiger partial charge in [-0.3, -0.25) is 0 Å². The van der Waals surface area contributed by atoms with E-state index < -0.39 is 0 Å². The van der Waals surface area contributed by atoms with Crippen LogP contribution in [0.5, 0.6) is 0 Å². The molecule has 1 aliphatic carbocycles. The van der Waals surface area contributed by atoms with E-state index in [0.29, 0.717) is 12.0 Å². The van der Waals surface area contributed by atoms with Crippen LogP contribution in [0.15, 0.2) is 48.5 Å². The molecule has 21 heavy (non-hydrogen) atoms. The van der Waals surface area contributed by atoms with Gasteiger partial charge >= 0.3 is 0 Å². The van der Waals surface area contributed by atoms with Gasteiger partial charge in [0.05, 0.1) is 0 Å². The van der Waals surface area contributed by atoms with Crippen LogP contribution in [-0.2, 0) is 0 Å². The molecule has 110 valence electrons. The van der Waals surface area contributed by atoms with Gasteiger partial charge in [0, 0.05) is 12.1 Å². The Balaban J connectivity index is 1.55. The Labute approximate surface area is 124 Å². The van der Waals surface area contributed by atoms with Gasteiger partial charge < -0.3 is 5.32 Å². The third-order valence-electron chi connectivity index (χ3n) is 4.34. The molecule has 1 nitrogen and oxygen atoms in total. The molecule has 0 amide bonds. The van der Waals surface area contributed by atoms with E-state index in [1.54, 1.807) is 18.2 Å². The Morgan fingerprint density at radius 1 is 1.00 bits per heavy atom. The second-order valence-corrected chi connectivity index (χ2v) is 5.83. The molecular weight excluding hydrogens is 268 g/mol. The van der Waals surface area contributed by atoms with Crippen molar-refractivity contribution in [3.8, 4) is 0 Å². The van der Waals surface area contributed by atoms with Crippen LogP contribution < -0.4 is 5.32 Å². The summed E-state index contributed by atoms with van der Waals surface area (Å²) in [5.74, 6) is -0.00846. The second-order valence-electron chi connectivity index (χ2n) is 5.83. The number of hydrogen-bond acceptors (Lipinski definition) is 1. The van der Waals surface area contributed by atoms with Crippen LogP contribution in [-0.4, -0.2) is 6.04 Å². The molecule has 2 aromatic carbocycles. The number of rotatable bonds is 4. The SMILES string of the molecule is CC(NC1CC(c2ccccc2F)C1)c1ccc(F)cc1. The summed E-state index contributed by atoms with van der Waals surface area (Å²) in [5.41, 5.74) is 1.90. The zero-order chi connectivity index (χ0) is 14.8. The van der Waals surface area contributed by atoms with Crippen LogP contribution in [0.3, 0.4) is 0 Å². The summed E-state index contributed by atoms with van der Waals surface area (Å²) in [6.07, 6.45) is 1.90. The van der Waals surface area contributed by atoms with E-state index in [0.717, 1.165) is 24.0 Å². The van der Waals surface area contributed by atoms with Gasteiger partial charge in [-0.1, -0.05) is 30.3 Å². The molecule has 1 fully saturated rings. The average Bonchev–Trinajstić information content (AvgIpc) is 2.44. The predicted octanol–water partition coefficient (Wildman–Crippen LogP) is 4.56. The molecule has 1 atom stereocenters. The average molecular weight is 287 g/mol. The first kappa shape index (κ1) is 14.2. The Hall–Kier alpha value is -1.74. The fourth-order valence-corrected chi connectivity index (χ4v) is 3.02. The van der Waals surface area contributed by atoms with Crippen molar-refractivity contribution in [2.45, 2.75) is 37.8 Å². The van der Waals surface area contributed by atoms with Gasteiger partial charge in [-0.25, -0.2) is 8.78 Å². The summed E-state index contributed by atoms with van der Waals surface area (Å²) >= 11 is 0. The fraction of sp³-hybridized carbons (Fsp3) is 0.333. The minimum absolute atomic E-state index is 0.104. The molecule has 3 rings (SSSR count). The monoisotopic (exact) mass is 287 g/mol. The van der Waals surface area contributed by atoms with Crippen molar-refractivity contribution in [2.75, 3.05) is 0 Å². The van der Waals surface area contributed by atoms with Gasteiger partial charge in [-0.2, -0.15) is 0 Å². The van der Waals surface area contributed by atoms with E-state index in [-0.39, 0.29) is 17.7 Å². The molecule has 1 saturated carbocycles. The van der Waals surface area contributed by atoms with E-state index in [2.05, 4.69) is 12.2 Å². The van der Waals surface area contributed by atoms with Crippen LogP contribution >= 0.6 is 0 Å². The summed E-state index contributed by atoms with van der Waals surface area (Å²) in [7, 11) is 0. The van der Waals surface area contributed by atoms with Gasteiger partial charge in [-0.15, -0.1) is 0 Å². The molecular formula is C18H19F2N. The maximum absolute atomic E-state index is 13.7. The first-order valence-corrected chi connectivity index (χ1v) is 7.39. The van der Waals surface area contributed by atoms with E-state index in [4.69, 9.17) is 0 Å². The number of benzene rings is 2. The summed E-state index contributed by atoms with van der Waals surface area (Å²) < 4.78 is 26.6. The van der Waals surface area contributed by atoms with Crippen molar-refractivity contribution in [2.24, 2.45) is 0 Å². The number of hydrogen-bond donors (Lipinski definition) is 1. The first-order chi connectivity index (χ1) is 10.1. The summed E-state index contributed by atoms with van der Waals surface area (Å²) in [5, 5.41) is 3.53. The quantitative estimate of drug-likeness (QED) is 0.869. The summed E-state index contributed by atoms with van der Waals surface area (Å²) in [6.45, 7) is 2.07. The minimum Gasteiger partial charge on any atom is -0.307 e. The van der Waals surface area contributed by atoms with E-state index in [1.165, 1.54) is 18.2 Å². The van der Waals surface area contributed by atoms with Crippen LogP contribution in [0.1, 0.15) is 42.9 Å². The molecule has 0 spiro atoms. The van der Waals surface area contributed by atoms with E-state index in [9.17, 15) is 8.78 Å². The van der Waals surface area contributed by atoms with Crippen LogP contribution in [0.2, 0.25) is 0 Å². The Bertz CT molecular complexity index is 603. The first-order valence-electron chi connectivity index (χ1n) is 7.39. The van der Waals surface area contributed by atoms with Crippen molar-refractivity contribution in [1.82, 2.24) is 5.32 Å². The smallest absolute Gasteiger partial charge is 0.126 e. The van der Waals surface area contributed by atoms with E-state index in [1.807, 2.05) is 12.1 Å². The molecule has 1 aliphatic rings. The van der Waals surface area contributed by atoms with Crippen LogP contribution in [0.4, 0.5) is 8.78 Å². The molecule has 2 aromatic rings. The molecule has 0 radical (unpaired) electrons. The van der Waals surface area contributed by atoms with Crippen molar-refractivity contribution < 1.29 is 8.78 Å².